The monoisotopic (exact) mass is 271 g/mol. The molecule has 0 spiro atoms. The maximum Gasteiger partial charge on any atom is 0.142 e. The first kappa shape index (κ1) is 12.9. The molecule has 1 atom stereocenters. The Morgan fingerprint density at radius 3 is 3.10 bits per heavy atom. The second kappa shape index (κ2) is 5.48. The van der Waals surface area contributed by atoms with Crippen LogP contribution >= 0.6 is 0 Å². The van der Waals surface area contributed by atoms with Gasteiger partial charge in [-0.2, -0.15) is 0 Å². The molecule has 1 aromatic carbocycles. The standard InChI is InChI=1S/C15H17N3O2/c1-19-14-9-17-6-4-12(14)15(18-16)11-2-3-13-10(8-11)5-7-20-13/h2-4,6,8-9,15,18H,5,7,16H2,1H3. The number of ether oxygens (including phenoxy) is 2. The number of methoxy groups -OCH3 is 1. The Bertz CT molecular complexity index is 616. The number of nitrogens with one attached hydrogen (secondary N) is 1. The van der Waals surface area contributed by atoms with E-state index >= 15 is 0 Å². The maximum absolute atomic E-state index is 5.75. The Balaban J connectivity index is 2.01. The van der Waals surface area contributed by atoms with E-state index in [2.05, 4.69) is 16.5 Å². The van der Waals surface area contributed by atoms with Crippen LogP contribution in [0.15, 0.2) is 36.7 Å². The molecular formula is C15H17N3O2. The third-order valence-electron chi connectivity index (χ3n) is 3.56. The summed E-state index contributed by atoms with van der Waals surface area (Å²) >= 11 is 0. The molecule has 2 aromatic rings. The number of rotatable bonds is 4. The Morgan fingerprint density at radius 2 is 2.30 bits per heavy atom. The number of pyridine rings is 1. The van der Waals surface area contributed by atoms with E-state index < -0.39 is 0 Å². The van der Waals surface area contributed by atoms with Crippen molar-refractivity contribution in [1.29, 1.82) is 0 Å². The van der Waals surface area contributed by atoms with Crippen LogP contribution in [0.1, 0.15) is 22.7 Å². The third kappa shape index (κ3) is 2.21. The third-order valence-corrected chi connectivity index (χ3v) is 3.56. The Morgan fingerprint density at radius 1 is 1.40 bits per heavy atom. The van der Waals surface area contributed by atoms with E-state index in [4.69, 9.17) is 15.3 Å². The second-order valence-electron chi connectivity index (χ2n) is 4.68. The van der Waals surface area contributed by atoms with Gasteiger partial charge in [-0.05, 0) is 23.3 Å². The highest BCUT2D eigenvalue weighted by atomic mass is 16.5. The fraction of sp³-hybridized carbons (Fsp3) is 0.267. The zero-order valence-electron chi connectivity index (χ0n) is 11.3. The molecule has 0 fully saturated rings. The van der Waals surface area contributed by atoms with Crippen LogP contribution in [0, 0.1) is 0 Å². The van der Waals surface area contributed by atoms with Gasteiger partial charge in [0.05, 0.1) is 26.0 Å². The summed E-state index contributed by atoms with van der Waals surface area (Å²) in [7, 11) is 1.63. The van der Waals surface area contributed by atoms with Gasteiger partial charge in [-0.25, -0.2) is 5.43 Å². The van der Waals surface area contributed by atoms with Gasteiger partial charge in [-0.1, -0.05) is 12.1 Å². The van der Waals surface area contributed by atoms with Crippen LogP contribution < -0.4 is 20.7 Å². The van der Waals surface area contributed by atoms with Gasteiger partial charge in [0.25, 0.3) is 0 Å². The van der Waals surface area contributed by atoms with Crippen molar-refractivity contribution < 1.29 is 9.47 Å². The van der Waals surface area contributed by atoms with Crippen LogP contribution in [0.25, 0.3) is 0 Å². The summed E-state index contributed by atoms with van der Waals surface area (Å²) in [4.78, 5) is 4.07. The summed E-state index contributed by atoms with van der Waals surface area (Å²) in [6.07, 6.45) is 4.36. The van der Waals surface area contributed by atoms with Crippen molar-refractivity contribution in [3.63, 3.8) is 0 Å². The predicted octanol–water partition coefficient (Wildman–Crippen LogP) is 1.58. The van der Waals surface area contributed by atoms with Gasteiger partial charge in [0.2, 0.25) is 0 Å². The molecule has 20 heavy (non-hydrogen) atoms. The van der Waals surface area contributed by atoms with Crippen LogP contribution in [0.5, 0.6) is 11.5 Å². The van der Waals surface area contributed by atoms with Gasteiger partial charge < -0.3 is 9.47 Å². The van der Waals surface area contributed by atoms with Crippen molar-refractivity contribution in [2.45, 2.75) is 12.5 Å². The lowest BCUT2D eigenvalue weighted by Gasteiger charge is -2.19. The van der Waals surface area contributed by atoms with Gasteiger partial charge in [-0.3, -0.25) is 10.8 Å². The molecule has 3 rings (SSSR count). The lowest BCUT2D eigenvalue weighted by molar-refractivity contribution is 0.356. The van der Waals surface area contributed by atoms with Gasteiger partial charge in [0, 0.05) is 18.2 Å². The topological polar surface area (TPSA) is 69.4 Å². The van der Waals surface area contributed by atoms with Crippen LogP contribution in [-0.4, -0.2) is 18.7 Å². The quantitative estimate of drug-likeness (QED) is 0.652. The Kier molecular flexibility index (Phi) is 3.54. The minimum absolute atomic E-state index is 0.140. The van der Waals surface area contributed by atoms with Gasteiger partial charge >= 0.3 is 0 Å². The summed E-state index contributed by atoms with van der Waals surface area (Å²) in [5.74, 6) is 7.43. The summed E-state index contributed by atoms with van der Waals surface area (Å²) in [6, 6.07) is 7.92. The summed E-state index contributed by atoms with van der Waals surface area (Å²) in [5.41, 5.74) is 6.12. The zero-order valence-corrected chi connectivity index (χ0v) is 11.3. The molecule has 1 unspecified atom stereocenters. The second-order valence-corrected chi connectivity index (χ2v) is 4.68. The number of aromatic nitrogens is 1. The number of hydrogen-bond donors (Lipinski definition) is 2. The van der Waals surface area contributed by atoms with E-state index in [0.29, 0.717) is 5.75 Å². The molecule has 1 aliphatic rings. The van der Waals surface area contributed by atoms with Crippen LogP contribution in [0.4, 0.5) is 0 Å². The fourth-order valence-corrected chi connectivity index (χ4v) is 2.55. The van der Waals surface area contributed by atoms with Gasteiger partial charge in [0.1, 0.15) is 11.5 Å². The van der Waals surface area contributed by atoms with Crippen LogP contribution in [-0.2, 0) is 6.42 Å². The van der Waals surface area contributed by atoms with E-state index in [0.717, 1.165) is 29.9 Å². The maximum atomic E-state index is 5.75. The minimum atomic E-state index is -0.140. The molecule has 0 saturated heterocycles. The average molecular weight is 271 g/mol. The SMILES string of the molecule is COc1cnccc1C(NN)c1ccc2c(c1)CCO2. The van der Waals surface area contributed by atoms with Crippen LogP contribution in [0.2, 0.25) is 0 Å². The number of nitrogens with zero attached hydrogens (tertiary/aromatic N) is 1. The molecule has 5 heteroatoms. The van der Waals surface area contributed by atoms with E-state index in [1.54, 1.807) is 19.5 Å². The molecule has 0 aliphatic carbocycles. The summed E-state index contributed by atoms with van der Waals surface area (Å²) < 4.78 is 10.9. The number of hydrazine groups is 1. The molecule has 1 aliphatic heterocycles. The van der Waals surface area contributed by atoms with E-state index in [1.807, 2.05) is 18.2 Å². The van der Waals surface area contributed by atoms with Crippen molar-refractivity contribution in [3.05, 3.63) is 53.3 Å². The molecule has 3 N–H and O–H groups in total. The molecule has 5 nitrogen and oxygen atoms in total. The molecule has 2 heterocycles. The predicted molar refractivity (Wildman–Crippen MR) is 75.6 cm³/mol. The smallest absolute Gasteiger partial charge is 0.142 e. The Labute approximate surface area is 117 Å². The normalized spacial score (nSPS) is 14.5. The van der Waals surface area contributed by atoms with Crippen molar-refractivity contribution in [2.24, 2.45) is 5.84 Å². The lowest BCUT2D eigenvalue weighted by atomic mass is 9.97. The van der Waals surface area contributed by atoms with E-state index in [1.165, 1.54) is 5.56 Å². The van der Waals surface area contributed by atoms with Gasteiger partial charge in [0.15, 0.2) is 0 Å². The van der Waals surface area contributed by atoms with E-state index in [9.17, 15) is 0 Å². The highest BCUT2D eigenvalue weighted by molar-refractivity contribution is 5.45. The van der Waals surface area contributed by atoms with Crippen molar-refractivity contribution >= 4 is 0 Å². The largest absolute Gasteiger partial charge is 0.495 e. The van der Waals surface area contributed by atoms with Crippen molar-refractivity contribution in [1.82, 2.24) is 10.4 Å². The fourth-order valence-electron chi connectivity index (χ4n) is 2.55. The first-order valence-corrected chi connectivity index (χ1v) is 6.53. The van der Waals surface area contributed by atoms with Crippen molar-refractivity contribution in [3.8, 4) is 11.5 Å². The number of nitrogens with two attached hydrogens (primary N) is 1. The lowest BCUT2D eigenvalue weighted by Crippen LogP contribution is -2.29. The molecule has 0 saturated carbocycles. The molecule has 0 radical (unpaired) electrons. The number of benzene rings is 1. The molecule has 104 valence electrons. The van der Waals surface area contributed by atoms with E-state index in [-0.39, 0.29) is 6.04 Å². The number of fused-ring (bicyclic) bond motifs is 1. The highest BCUT2D eigenvalue weighted by Crippen LogP contribution is 2.33. The molecule has 1 aromatic heterocycles. The minimum Gasteiger partial charge on any atom is -0.495 e. The van der Waals surface area contributed by atoms with Gasteiger partial charge in [-0.15, -0.1) is 0 Å². The highest BCUT2D eigenvalue weighted by Gasteiger charge is 2.20. The zero-order chi connectivity index (χ0) is 13.9. The van der Waals surface area contributed by atoms with Crippen molar-refractivity contribution in [2.75, 3.05) is 13.7 Å². The first-order valence-electron chi connectivity index (χ1n) is 6.53. The molecule has 0 bridgehead atoms. The number of hydrogen-bond acceptors (Lipinski definition) is 5. The summed E-state index contributed by atoms with van der Waals surface area (Å²) in [5, 5.41) is 0. The molecule has 0 amide bonds. The Hall–Kier alpha value is -2.11. The first-order chi connectivity index (χ1) is 9.83. The average Bonchev–Trinajstić information content (AvgIpc) is 2.96. The van der Waals surface area contributed by atoms with Crippen LogP contribution in [0.3, 0.4) is 0 Å². The molecular weight excluding hydrogens is 254 g/mol. The summed E-state index contributed by atoms with van der Waals surface area (Å²) in [6.45, 7) is 0.748.